The monoisotopic (exact) mass is 439 g/mol. The van der Waals surface area contributed by atoms with Gasteiger partial charge in [0.05, 0.1) is 35.2 Å². The van der Waals surface area contributed by atoms with E-state index >= 15 is 0 Å². The van der Waals surface area contributed by atoms with E-state index in [1.54, 1.807) is 26.0 Å². The lowest BCUT2D eigenvalue weighted by Crippen LogP contribution is -2.39. The number of rotatable bonds is 9. The minimum atomic E-state index is -3.99. The van der Waals surface area contributed by atoms with Crippen molar-refractivity contribution in [3.05, 3.63) is 42.5 Å². The molecule has 2 aromatic rings. The molecule has 10 heteroatoms. The number of anilines is 3. The molecule has 1 aliphatic rings. The van der Waals surface area contributed by atoms with Crippen LogP contribution in [0.3, 0.4) is 0 Å². The molecule has 0 amide bonds. The Morgan fingerprint density at radius 2 is 1.38 bits per heavy atom. The average molecular weight is 440 g/mol. The third-order valence-corrected chi connectivity index (χ3v) is 8.90. The lowest BCUT2D eigenvalue weighted by atomic mass is 10.2. The van der Waals surface area contributed by atoms with E-state index in [0.29, 0.717) is 34.7 Å². The van der Waals surface area contributed by atoms with Crippen LogP contribution in [-0.2, 0) is 20.0 Å². The molecule has 0 bridgehead atoms. The van der Waals surface area contributed by atoms with Gasteiger partial charge in [0.15, 0.2) is 0 Å². The highest BCUT2D eigenvalue weighted by atomic mass is 32.3. The second-order valence-electron chi connectivity index (χ2n) is 6.66. The zero-order valence-electron chi connectivity index (χ0n) is 16.4. The van der Waals surface area contributed by atoms with Crippen molar-refractivity contribution in [3.8, 4) is 11.5 Å². The first-order valence-corrected chi connectivity index (χ1v) is 12.6. The fraction of sp³-hybridized carbons (Fsp3) is 0.368. The van der Waals surface area contributed by atoms with Crippen LogP contribution in [0.4, 0.5) is 17.1 Å². The van der Waals surface area contributed by atoms with E-state index in [1.807, 2.05) is 18.2 Å². The Morgan fingerprint density at radius 3 is 1.97 bits per heavy atom. The first-order valence-electron chi connectivity index (χ1n) is 9.42. The third-order valence-electron chi connectivity index (χ3n) is 4.26. The molecule has 0 aliphatic carbocycles. The van der Waals surface area contributed by atoms with Crippen molar-refractivity contribution >= 4 is 37.1 Å². The summed E-state index contributed by atoms with van der Waals surface area (Å²) in [7, 11) is -7.99. The van der Waals surface area contributed by atoms with Gasteiger partial charge in [-0.15, -0.1) is 0 Å². The van der Waals surface area contributed by atoms with E-state index in [2.05, 4.69) is 10.6 Å². The maximum absolute atomic E-state index is 12.6. The van der Waals surface area contributed by atoms with Crippen LogP contribution in [0.5, 0.6) is 11.5 Å². The summed E-state index contributed by atoms with van der Waals surface area (Å²) in [6.45, 7) is 4.04. The molecular formula is C19H25N3O5S2. The normalized spacial score (nSPS) is 13.3. The Kier molecular flexibility index (Phi) is 6.23. The van der Waals surface area contributed by atoms with Gasteiger partial charge in [-0.25, -0.2) is 16.8 Å². The van der Waals surface area contributed by atoms with Gasteiger partial charge in [-0.3, -0.25) is 0 Å². The van der Waals surface area contributed by atoms with Crippen molar-refractivity contribution in [1.29, 1.82) is 0 Å². The molecule has 8 nitrogen and oxygen atoms in total. The second kappa shape index (κ2) is 8.50. The Bertz CT molecular complexity index is 1030. The van der Waals surface area contributed by atoms with E-state index in [9.17, 15) is 16.8 Å². The van der Waals surface area contributed by atoms with E-state index in [1.165, 1.54) is 12.1 Å². The number of nitrogens with zero attached hydrogens (tertiary/aromatic N) is 1. The smallest absolute Gasteiger partial charge is 0.248 e. The third kappa shape index (κ3) is 4.76. The number of hydrogen-bond acceptors (Lipinski definition) is 7. The SMILES string of the molecule is CCCS(=O)(=O)N(c1ccc(Oc2ccc3c(c2)NCN3)cc1)S(=O)(=O)CCC. The molecule has 0 spiro atoms. The summed E-state index contributed by atoms with van der Waals surface area (Å²) in [4.78, 5) is 0. The summed E-state index contributed by atoms with van der Waals surface area (Å²) in [5.74, 6) is 0.594. The highest BCUT2D eigenvalue weighted by Crippen LogP contribution is 2.33. The lowest BCUT2D eigenvalue weighted by molar-refractivity contribution is 0.483. The van der Waals surface area contributed by atoms with Crippen LogP contribution in [-0.4, -0.2) is 35.0 Å². The van der Waals surface area contributed by atoms with Gasteiger partial charge in [-0.2, -0.15) is 3.71 Å². The maximum atomic E-state index is 12.6. The first-order chi connectivity index (χ1) is 13.8. The first kappa shape index (κ1) is 21.3. The number of nitrogens with one attached hydrogen (secondary N) is 2. The van der Waals surface area contributed by atoms with Crippen LogP contribution < -0.4 is 19.1 Å². The molecule has 158 valence electrons. The van der Waals surface area contributed by atoms with Crippen LogP contribution >= 0.6 is 0 Å². The van der Waals surface area contributed by atoms with Crippen LogP contribution in [0.15, 0.2) is 42.5 Å². The number of ether oxygens (including phenoxy) is 1. The van der Waals surface area contributed by atoms with Crippen LogP contribution in [0.1, 0.15) is 26.7 Å². The molecule has 2 N–H and O–H groups in total. The van der Waals surface area contributed by atoms with Crippen molar-refractivity contribution in [2.75, 3.05) is 32.5 Å². The number of benzene rings is 2. The summed E-state index contributed by atoms with van der Waals surface area (Å²) >= 11 is 0. The Hall–Kier alpha value is -2.46. The zero-order valence-corrected chi connectivity index (χ0v) is 18.0. The lowest BCUT2D eigenvalue weighted by Gasteiger charge is -2.23. The number of fused-ring (bicyclic) bond motifs is 1. The Labute approximate surface area is 172 Å². The van der Waals surface area contributed by atoms with Gasteiger partial charge in [-0.1, -0.05) is 13.8 Å². The molecule has 0 fully saturated rings. The molecule has 0 unspecified atom stereocenters. The quantitative estimate of drug-likeness (QED) is 0.615. The second-order valence-corrected chi connectivity index (χ2v) is 10.8. The van der Waals surface area contributed by atoms with Gasteiger partial charge in [0.1, 0.15) is 11.5 Å². The molecule has 0 atom stereocenters. The highest BCUT2D eigenvalue weighted by Gasteiger charge is 2.32. The zero-order chi connectivity index (χ0) is 21.1. The van der Waals surface area contributed by atoms with E-state index in [4.69, 9.17) is 4.74 Å². The predicted octanol–water partition coefficient (Wildman–Crippen LogP) is 3.56. The molecule has 2 aromatic carbocycles. The van der Waals surface area contributed by atoms with Crippen molar-refractivity contribution < 1.29 is 21.6 Å². The van der Waals surface area contributed by atoms with Gasteiger partial charge >= 0.3 is 0 Å². The van der Waals surface area contributed by atoms with Gasteiger partial charge in [0, 0.05) is 6.07 Å². The van der Waals surface area contributed by atoms with Crippen LogP contribution in [0, 0.1) is 0 Å². The van der Waals surface area contributed by atoms with Crippen molar-refractivity contribution in [2.45, 2.75) is 26.7 Å². The van der Waals surface area contributed by atoms with E-state index in [0.717, 1.165) is 11.4 Å². The minimum Gasteiger partial charge on any atom is -0.457 e. The molecule has 29 heavy (non-hydrogen) atoms. The average Bonchev–Trinajstić information content (AvgIpc) is 3.10. The Morgan fingerprint density at radius 1 is 0.828 bits per heavy atom. The molecule has 0 saturated heterocycles. The molecule has 0 aromatic heterocycles. The molecule has 1 heterocycles. The highest BCUT2D eigenvalue weighted by molar-refractivity contribution is 8.10. The standard InChI is InChI=1S/C19H25N3O5S2/c1-3-11-28(23,24)22(29(25,26)12-4-2)15-5-7-16(8-6-15)27-17-9-10-18-19(13-17)21-14-20-18/h5-10,13,20-21H,3-4,11-12,14H2,1-2H3. The van der Waals surface area contributed by atoms with Gasteiger partial charge in [0.25, 0.3) is 0 Å². The van der Waals surface area contributed by atoms with Crippen LogP contribution in [0.25, 0.3) is 0 Å². The van der Waals surface area contributed by atoms with Crippen molar-refractivity contribution in [2.24, 2.45) is 0 Å². The van der Waals surface area contributed by atoms with Crippen molar-refractivity contribution in [3.63, 3.8) is 0 Å². The topological polar surface area (TPSA) is 105 Å². The number of sulfonamides is 2. The molecule has 1 aliphatic heterocycles. The molecular weight excluding hydrogens is 414 g/mol. The summed E-state index contributed by atoms with van der Waals surface area (Å²) in [6, 6.07) is 11.6. The number of hydrogen-bond donors (Lipinski definition) is 2. The molecule has 3 rings (SSSR count). The molecule has 0 saturated carbocycles. The van der Waals surface area contributed by atoms with E-state index in [-0.39, 0.29) is 17.2 Å². The largest absolute Gasteiger partial charge is 0.457 e. The van der Waals surface area contributed by atoms with E-state index < -0.39 is 20.0 Å². The molecule has 0 radical (unpaired) electrons. The fourth-order valence-electron chi connectivity index (χ4n) is 3.07. The predicted molar refractivity (Wildman–Crippen MR) is 116 cm³/mol. The minimum absolute atomic E-state index is 0.0825. The van der Waals surface area contributed by atoms with Crippen molar-refractivity contribution in [1.82, 2.24) is 0 Å². The van der Waals surface area contributed by atoms with Gasteiger partial charge in [0.2, 0.25) is 20.0 Å². The van der Waals surface area contributed by atoms with Gasteiger partial charge in [-0.05, 0) is 49.2 Å². The summed E-state index contributed by atoms with van der Waals surface area (Å²) in [5, 5.41) is 6.35. The van der Waals surface area contributed by atoms with Crippen LogP contribution in [0.2, 0.25) is 0 Å². The fourth-order valence-corrected chi connectivity index (χ4v) is 7.15. The Balaban J connectivity index is 1.87. The maximum Gasteiger partial charge on any atom is 0.248 e. The summed E-state index contributed by atoms with van der Waals surface area (Å²) < 4.78 is 56.9. The summed E-state index contributed by atoms with van der Waals surface area (Å²) in [6.07, 6.45) is 0.645. The summed E-state index contributed by atoms with van der Waals surface area (Å²) in [5.41, 5.74) is 2.01. The van der Waals surface area contributed by atoms with Gasteiger partial charge < -0.3 is 15.4 Å².